The SMILES string of the molecule is CCc1ccc(N2C[C@H](C(=O)Oc3ccc(N4C(=O)[C@@H]5[C@H]6C=C[C@@H]([C@@H]7C[C@H]67)[C@H]5C4=O)cc3)CC2=O)cc1. The molecule has 2 bridgehead atoms. The van der Waals surface area contributed by atoms with E-state index in [1.54, 1.807) is 29.2 Å². The van der Waals surface area contributed by atoms with Gasteiger partial charge in [-0.3, -0.25) is 24.1 Å². The normalized spacial score (nSPS) is 33.1. The number of benzene rings is 2. The molecule has 2 aromatic rings. The smallest absolute Gasteiger partial charge is 0.316 e. The van der Waals surface area contributed by atoms with Crippen molar-refractivity contribution in [3.8, 4) is 5.75 Å². The zero-order valence-electron chi connectivity index (χ0n) is 20.6. The molecule has 7 atom stereocenters. The van der Waals surface area contributed by atoms with Gasteiger partial charge in [-0.05, 0) is 78.5 Å². The van der Waals surface area contributed by atoms with Gasteiger partial charge in [-0.25, -0.2) is 0 Å². The zero-order chi connectivity index (χ0) is 25.4. The molecule has 7 heteroatoms. The fourth-order valence-electron chi connectivity index (χ4n) is 7.10. The molecule has 2 saturated heterocycles. The van der Waals surface area contributed by atoms with Gasteiger partial charge in [0.05, 0.1) is 23.4 Å². The number of rotatable bonds is 5. The second kappa shape index (κ2) is 8.13. The molecule has 188 valence electrons. The highest BCUT2D eigenvalue weighted by Crippen LogP contribution is 2.65. The maximum Gasteiger partial charge on any atom is 0.316 e. The Morgan fingerprint density at radius 1 is 0.865 bits per heavy atom. The molecule has 2 aromatic carbocycles. The summed E-state index contributed by atoms with van der Waals surface area (Å²) in [4.78, 5) is 55.0. The first-order chi connectivity index (χ1) is 17.9. The summed E-state index contributed by atoms with van der Waals surface area (Å²) in [6, 6.07) is 14.3. The Hall–Kier alpha value is -3.74. The highest BCUT2D eigenvalue weighted by atomic mass is 16.5. The minimum atomic E-state index is -0.558. The standard InChI is InChI=1S/C30H28N2O5/c1-2-16-3-5-18(6-4-16)31-15-17(13-25(31)33)30(36)37-20-9-7-19(8-10-20)32-28(34)26-21-11-12-22(24-14-23(21)24)27(26)29(32)35/h3-12,17,21-24,26-27H,2,13-15H2,1H3/t17-,21+,22+,23-,24+,26-,27-/m1/s1. The van der Waals surface area contributed by atoms with Crippen LogP contribution >= 0.6 is 0 Å². The lowest BCUT2D eigenvalue weighted by molar-refractivity contribution is -0.139. The van der Waals surface area contributed by atoms with Crippen LogP contribution in [0.2, 0.25) is 0 Å². The molecular formula is C30H28N2O5. The van der Waals surface area contributed by atoms with Crippen molar-refractivity contribution >= 4 is 35.1 Å². The van der Waals surface area contributed by atoms with Gasteiger partial charge < -0.3 is 9.64 Å². The molecule has 0 radical (unpaired) electrons. The van der Waals surface area contributed by atoms with Crippen LogP contribution in [0.5, 0.6) is 5.75 Å². The van der Waals surface area contributed by atoms with Crippen LogP contribution in [-0.4, -0.2) is 30.2 Å². The Balaban J connectivity index is 1.02. The molecule has 0 N–H and O–H groups in total. The van der Waals surface area contributed by atoms with Crippen molar-refractivity contribution in [3.63, 3.8) is 0 Å². The number of anilines is 2. The first-order valence-electron chi connectivity index (χ1n) is 13.2. The molecule has 6 aliphatic rings. The maximum atomic E-state index is 13.3. The Kier molecular flexibility index (Phi) is 4.94. The van der Waals surface area contributed by atoms with Crippen LogP contribution in [-0.2, 0) is 25.6 Å². The number of nitrogens with zero attached hydrogens (tertiary/aromatic N) is 2. The predicted molar refractivity (Wildman–Crippen MR) is 136 cm³/mol. The van der Waals surface area contributed by atoms with Crippen molar-refractivity contribution in [2.75, 3.05) is 16.3 Å². The van der Waals surface area contributed by atoms with Gasteiger partial charge in [-0.15, -0.1) is 0 Å². The summed E-state index contributed by atoms with van der Waals surface area (Å²) < 4.78 is 5.58. The quantitative estimate of drug-likeness (QED) is 0.272. The van der Waals surface area contributed by atoms with Crippen molar-refractivity contribution in [2.24, 2.45) is 41.4 Å². The molecule has 0 unspecified atom stereocenters. The molecule has 0 spiro atoms. The van der Waals surface area contributed by atoms with E-state index in [-0.39, 0.29) is 54.4 Å². The first-order valence-corrected chi connectivity index (χ1v) is 13.2. The van der Waals surface area contributed by atoms with E-state index >= 15 is 0 Å². The van der Waals surface area contributed by atoms with Crippen molar-refractivity contribution in [1.82, 2.24) is 0 Å². The molecular weight excluding hydrogens is 468 g/mol. The molecule has 3 amide bonds. The fourth-order valence-corrected chi connectivity index (χ4v) is 7.10. The Morgan fingerprint density at radius 2 is 1.46 bits per heavy atom. The Bertz CT molecular complexity index is 1310. The third-order valence-electron chi connectivity index (χ3n) is 9.09. The number of hydrogen-bond donors (Lipinski definition) is 0. The lowest BCUT2D eigenvalue weighted by Crippen LogP contribution is -2.40. The van der Waals surface area contributed by atoms with E-state index in [0.717, 1.165) is 18.5 Å². The topological polar surface area (TPSA) is 84.0 Å². The van der Waals surface area contributed by atoms with Crippen LogP contribution in [0.3, 0.4) is 0 Å². The van der Waals surface area contributed by atoms with E-state index in [0.29, 0.717) is 23.3 Å². The number of esters is 1. The van der Waals surface area contributed by atoms with Gasteiger partial charge in [0.15, 0.2) is 0 Å². The van der Waals surface area contributed by atoms with Crippen molar-refractivity contribution < 1.29 is 23.9 Å². The molecule has 2 saturated carbocycles. The average Bonchev–Trinajstić information content (AvgIpc) is 3.60. The van der Waals surface area contributed by atoms with Crippen molar-refractivity contribution in [2.45, 2.75) is 26.2 Å². The van der Waals surface area contributed by atoms with Gasteiger partial charge in [0, 0.05) is 18.7 Å². The van der Waals surface area contributed by atoms with Gasteiger partial charge >= 0.3 is 5.97 Å². The van der Waals surface area contributed by atoms with E-state index in [1.165, 1.54) is 10.5 Å². The summed E-state index contributed by atoms with van der Waals surface area (Å²) >= 11 is 0. The minimum Gasteiger partial charge on any atom is -0.426 e. The second-order valence-corrected chi connectivity index (χ2v) is 11.0. The van der Waals surface area contributed by atoms with Crippen molar-refractivity contribution in [3.05, 3.63) is 66.2 Å². The van der Waals surface area contributed by atoms with E-state index in [1.807, 2.05) is 24.3 Å². The monoisotopic (exact) mass is 496 g/mol. The van der Waals surface area contributed by atoms with Crippen LogP contribution in [0.15, 0.2) is 60.7 Å². The molecule has 7 nitrogen and oxygen atoms in total. The number of amides is 3. The van der Waals surface area contributed by atoms with E-state index in [4.69, 9.17) is 4.74 Å². The summed E-state index contributed by atoms with van der Waals surface area (Å²) in [5.41, 5.74) is 2.48. The molecule has 37 heavy (non-hydrogen) atoms. The molecule has 4 fully saturated rings. The lowest BCUT2D eigenvalue weighted by Gasteiger charge is -2.37. The van der Waals surface area contributed by atoms with Crippen LogP contribution in [0.4, 0.5) is 11.4 Å². The summed E-state index contributed by atoms with van der Waals surface area (Å²) in [7, 11) is 0. The number of imide groups is 1. The third kappa shape index (κ3) is 3.40. The van der Waals surface area contributed by atoms with Crippen LogP contribution < -0.4 is 14.5 Å². The number of aryl methyl sites for hydroxylation is 1. The summed E-state index contributed by atoms with van der Waals surface area (Å²) in [5, 5.41) is 0. The highest BCUT2D eigenvalue weighted by Gasteiger charge is 2.67. The van der Waals surface area contributed by atoms with Gasteiger partial charge in [0.2, 0.25) is 17.7 Å². The highest BCUT2D eigenvalue weighted by molar-refractivity contribution is 6.22. The Morgan fingerprint density at radius 3 is 2.05 bits per heavy atom. The van der Waals surface area contributed by atoms with Gasteiger partial charge in [0.1, 0.15) is 5.75 Å². The zero-order valence-corrected chi connectivity index (χ0v) is 20.6. The number of allylic oxidation sites excluding steroid dienone is 2. The van der Waals surface area contributed by atoms with Crippen LogP contribution in [0.1, 0.15) is 25.3 Å². The molecule has 8 rings (SSSR count). The predicted octanol–water partition coefficient (Wildman–Crippen LogP) is 3.77. The number of carbonyl (C=O) groups excluding carboxylic acids is 4. The summed E-state index contributed by atoms with van der Waals surface area (Å²) in [6.07, 6.45) is 6.47. The van der Waals surface area contributed by atoms with Crippen molar-refractivity contribution in [1.29, 1.82) is 0 Å². The summed E-state index contributed by atoms with van der Waals surface area (Å²) in [5.74, 6) is -0.0297. The second-order valence-electron chi connectivity index (χ2n) is 11.0. The first kappa shape index (κ1) is 22.5. The van der Waals surface area contributed by atoms with Gasteiger partial charge in [0.25, 0.3) is 0 Å². The minimum absolute atomic E-state index is 0.102. The van der Waals surface area contributed by atoms with E-state index < -0.39 is 11.9 Å². The largest absolute Gasteiger partial charge is 0.426 e. The van der Waals surface area contributed by atoms with E-state index in [2.05, 4.69) is 19.1 Å². The molecule has 2 heterocycles. The maximum absolute atomic E-state index is 13.3. The Labute approximate surface area is 215 Å². The number of carbonyl (C=O) groups is 4. The molecule has 2 aliphatic heterocycles. The van der Waals surface area contributed by atoms with Gasteiger partial charge in [-0.1, -0.05) is 31.2 Å². The van der Waals surface area contributed by atoms with Crippen LogP contribution in [0.25, 0.3) is 0 Å². The average molecular weight is 497 g/mol. The van der Waals surface area contributed by atoms with E-state index in [9.17, 15) is 19.2 Å². The van der Waals surface area contributed by atoms with Crippen LogP contribution in [0, 0.1) is 41.4 Å². The number of ether oxygens (including phenoxy) is 1. The van der Waals surface area contributed by atoms with Gasteiger partial charge in [-0.2, -0.15) is 0 Å². The fraction of sp³-hybridized carbons (Fsp3) is 0.400. The summed E-state index contributed by atoms with van der Waals surface area (Å²) in [6.45, 7) is 2.35. The molecule has 4 aliphatic carbocycles. The molecule has 0 aromatic heterocycles. The third-order valence-corrected chi connectivity index (χ3v) is 9.09. The number of hydrogen-bond acceptors (Lipinski definition) is 5. The lowest BCUT2D eigenvalue weighted by atomic mass is 9.63.